The van der Waals surface area contributed by atoms with Gasteiger partial charge in [0.1, 0.15) is 17.3 Å². The molecule has 0 saturated heterocycles. The van der Waals surface area contributed by atoms with Crippen LogP contribution >= 0.6 is 22.7 Å². The third-order valence-electron chi connectivity index (χ3n) is 15.6. The molecule has 0 radical (unpaired) electrons. The molecule has 1 aromatic carbocycles. The lowest BCUT2D eigenvalue weighted by atomic mass is 9.51. The van der Waals surface area contributed by atoms with Crippen LogP contribution in [0.3, 0.4) is 0 Å². The summed E-state index contributed by atoms with van der Waals surface area (Å²) in [5.74, 6) is 6.00. The highest BCUT2D eigenvalue weighted by Gasteiger charge is 2.60. The number of ketones is 2. The van der Waals surface area contributed by atoms with Crippen molar-refractivity contribution in [3.63, 3.8) is 0 Å². The lowest BCUT2D eigenvalue weighted by molar-refractivity contribution is -0.135. The number of Topliss-reactive ketones (excluding diaryl/α,β-unsaturated/α-hetero) is 2. The molecule has 4 saturated carbocycles. The van der Waals surface area contributed by atoms with Crippen LogP contribution in [0, 0.1) is 67.1 Å². The molecule has 2 aromatic heterocycles. The first kappa shape index (κ1) is 44.3. The van der Waals surface area contributed by atoms with Gasteiger partial charge in [-0.05, 0) is 154 Å². The maximum atomic E-state index is 15.0. The maximum Gasteiger partial charge on any atom is 0.144 e. The Labute approximate surface area is 365 Å². The lowest BCUT2D eigenvalue weighted by Gasteiger charge is -2.53. The van der Waals surface area contributed by atoms with Crippen molar-refractivity contribution < 1.29 is 14.3 Å². The largest absolute Gasteiger partial charge is 0.493 e. The highest BCUT2D eigenvalue weighted by atomic mass is 32.1. The highest BCUT2D eigenvalue weighted by molar-refractivity contribution is 7.13. The van der Waals surface area contributed by atoms with Crippen LogP contribution in [0.15, 0.2) is 42.5 Å². The number of unbranched alkanes of at least 4 members (excludes halogenated alkanes) is 6. The molecule has 2 heterocycles. The van der Waals surface area contributed by atoms with Gasteiger partial charge in [-0.1, -0.05) is 104 Å². The first-order valence-corrected chi connectivity index (χ1v) is 25.6. The normalized spacial score (nSPS) is 29.7. The monoisotopic (exact) mass is 835 g/mol. The number of ether oxygens (including phenoxy) is 1. The van der Waals surface area contributed by atoms with E-state index in [-0.39, 0.29) is 23.7 Å². The number of hydrogen-bond donors (Lipinski definition) is 0. The number of allylic oxidation sites excluding steroid dienone is 1. The van der Waals surface area contributed by atoms with Gasteiger partial charge in [-0.2, -0.15) is 0 Å². The van der Waals surface area contributed by atoms with Crippen molar-refractivity contribution >= 4 is 52.5 Å². The molecule has 11 atom stereocenters. The van der Waals surface area contributed by atoms with E-state index in [1.165, 1.54) is 94.8 Å². The summed E-state index contributed by atoms with van der Waals surface area (Å²) in [6.07, 6.45) is 26.7. The van der Waals surface area contributed by atoms with Gasteiger partial charge in [0.25, 0.3) is 0 Å². The Morgan fingerprint density at radius 2 is 1.41 bits per heavy atom. The topological polar surface area (TPSA) is 43.4 Å². The van der Waals surface area contributed by atoms with Crippen LogP contribution in [0.1, 0.15) is 179 Å². The van der Waals surface area contributed by atoms with Crippen LogP contribution < -0.4 is 4.74 Å². The Hall–Kier alpha value is -2.76. The number of thiophene rings is 2. The zero-order chi connectivity index (χ0) is 41.6. The molecule has 5 heteroatoms. The molecule has 59 heavy (non-hydrogen) atoms. The van der Waals surface area contributed by atoms with Crippen LogP contribution in [0.5, 0.6) is 5.75 Å². The Morgan fingerprint density at radius 3 is 2.10 bits per heavy atom. The molecule has 3 aromatic rings. The molecule has 7 rings (SSSR count). The molecule has 0 spiro atoms. The summed E-state index contributed by atoms with van der Waals surface area (Å²) in [7, 11) is 0. The molecule has 0 bridgehead atoms. The molecule has 11 unspecified atom stereocenters. The van der Waals surface area contributed by atoms with E-state index in [9.17, 15) is 4.79 Å². The minimum Gasteiger partial charge on any atom is -0.493 e. The van der Waals surface area contributed by atoms with Gasteiger partial charge in [-0.25, -0.2) is 0 Å². The number of carbonyl (C=O) groups is 2. The smallest absolute Gasteiger partial charge is 0.144 e. The summed E-state index contributed by atoms with van der Waals surface area (Å²) in [6, 6.07) is 13.4. The average Bonchev–Trinajstić information content (AvgIpc) is 4.02. The standard InChI is InChI=1S/C54H74O3S2/c1-8-12-14-16-19-37(11-4)28-45-44-30-40-31-46(49-24-20-35(6)58-49)53(55)51(40)36(7)43(44)29-41-32-47(54(56)52(41)45)50-25-23-42(59-50)22-21-38-33-48(57-26-17-15-13-9-2)39(18-10-3)27-34(38)5/h10,18,20-25,27,33,36-37,40-41,43-47,51-52H,8-9,11-17,19,26,28-32H2,1-7H3/b18-10+,22-21+. The van der Waals surface area contributed by atoms with Gasteiger partial charge in [-0.15, -0.1) is 22.7 Å². The molecule has 4 aliphatic carbocycles. The van der Waals surface area contributed by atoms with Crippen LogP contribution in [0.4, 0.5) is 0 Å². The third kappa shape index (κ3) is 9.83. The molecular weight excluding hydrogens is 761 g/mol. The first-order chi connectivity index (χ1) is 28.6. The van der Waals surface area contributed by atoms with Gasteiger partial charge in [-0.3, -0.25) is 9.59 Å². The van der Waals surface area contributed by atoms with Crippen molar-refractivity contribution in [2.24, 2.45) is 53.3 Å². The van der Waals surface area contributed by atoms with E-state index in [0.29, 0.717) is 53.0 Å². The van der Waals surface area contributed by atoms with Crippen LogP contribution in [-0.2, 0) is 9.59 Å². The minimum atomic E-state index is 0.00174. The summed E-state index contributed by atoms with van der Waals surface area (Å²) in [4.78, 5) is 34.3. The highest BCUT2D eigenvalue weighted by Crippen LogP contribution is 2.63. The predicted molar refractivity (Wildman–Crippen MR) is 253 cm³/mol. The predicted octanol–water partition coefficient (Wildman–Crippen LogP) is 15.5. The molecule has 3 nitrogen and oxygen atoms in total. The second-order valence-electron chi connectivity index (χ2n) is 19.3. The SMILES string of the molecule is C/C=C/c1cc(C)c(/C=C/c2ccc(C3CC4CC5C(C)C6C(=O)C(c7ccc(C)s7)CC6CC5C(CC(CC)CCCCCC)C4C3=O)s2)cc1OCCCCCC. The van der Waals surface area contributed by atoms with Crippen molar-refractivity contribution in [3.05, 3.63) is 78.7 Å². The van der Waals surface area contributed by atoms with Crippen LogP contribution in [-0.4, -0.2) is 18.2 Å². The number of hydrogen-bond acceptors (Lipinski definition) is 5. The van der Waals surface area contributed by atoms with Gasteiger partial charge >= 0.3 is 0 Å². The quantitative estimate of drug-likeness (QED) is 0.113. The summed E-state index contributed by atoms with van der Waals surface area (Å²) in [5.41, 5.74) is 3.55. The molecule has 0 amide bonds. The molecule has 320 valence electrons. The number of aryl methyl sites for hydroxylation is 2. The fourth-order valence-electron chi connectivity index (χ4n) is 12.5. The fourth-order valence-corrected chi connectivity index (χ4v) is 14.6. The molecular formula is C54H74O3S2. The number of carbonyl (C=O) groups excluding carboxylic acids is 2. The Bertz CT molecular complexity index is 1930. The molecule has 4 fully saturated rings. The Morgan fingerprint density at radius 1 is 0.729 bits per heavy atom. The van der Waals surface area contributed by atoms with E-state index in [0.717, 1.165) is 50.0 Å². The number of benzene rings is 1. The summed E-state index contributed by atoms with van der Waals surface area (Å²) in [5, 5.41) is 0. The maximum absolute atomic E-state index is 15.0. The summed E-state index contributed by atoms with van der Waals surface area (Å²) in [6.45, 7) is 16.5. The van der Waals surface area contributed by atoms with Gasteiger partial charge in [0, 0.05) is 36.9 Å². The van der Waals surface area contributed by atoms with Crippen molar-refractivity contribution in [2.75, 3.05) is 6.61 Å². The van der Waals surface area contributed by atoms with E-state index in [1.54, 1.807) is 0 Å². The number of fused-ring (bicyclic) bond motifs is 3. The van der Waals surface area contributed by atoms with E-state index in [2.05, 4.69) is 109 Å². The van der Waals surface area contributed by atoms with Gasteiger partial charge < -0.3 is 4.74 Å². The van der Waals surface area contributed by atoms with Crippen molar-refractivity contribution in [1.82, 2.24) is 0 Å². The first-order valence-electron chi connectivity index (χ1n) is 24.0. The number of rotatable bonds is 19. The van der Waals surface area contributed by atoms with E-state index < -0.39 is 0 Å². The second kappa shape index (κ2) is 20.4. The molecule has 4 aliphatic rings. The lowest BCUT2D eigenvalue weighted by Crippen LogP contribution is -2.49. The Kier molecular flexibility index (Phi) is 15.3. The minimum absolute atomic E-state index is 0.00174. The van der Waals surface area contributed by atoms with Gasteiger partial charge in [0.2, 0.25) is 0 Å². The van der Waals surface area contributed by atoms with Gasteiger partial charge in [0.15, 0.2) is 0 Å². The average molecular weight is 835 g/mol. The van der Waals surface area contributed by atoms with Gasteiger partial charge in [0.05, 0.1) is 18.4 Å². The zero-order valence-corrected chi connectivity index (χ0v) is 39.1. The van der Waals surface area contributed by atoms with Crippen molar-refractivity contribution in [1.29, 1.82) is 0 Å². The van der Waals surface area contributed by atoms with Crippen LogP contribution in [0.2, 0.25) is 0 Å². The van der Waals surface area contributed by atoms with E-state index in [1.807, 2.05) is 22.7 Å². The second-order valence-corrected chi connectivity index (χ2v) is 21.8. The Balaban J connectivity index is 1.10. The molecule has 0 aliphatic heterocycles. The van der Waals surface area contributed by atoms with Crippen molar-refractivity contribution in [3.8, 4) is 5.75 Å². The third-order valence-corrected chi connectivity index (χ3v) is 17.8. The van der Waals surface area contributed by atoms with E-state index in [4.69, 9.17) is 4.74 Å². The fraction of sp³-hybridized carbons (Fsp3) is 0.630. The van der Waals surface area contributed by atoms with E-state index >= 15 is 4.79 Å². The summed E-state index contributed by atoms with van der Waals surface area (Å²) >= 11 is 3.65. The van der Waals surface area contributed by atoms with Crippen LogP contribution in [0.25, 0.3) is 18.2 Å². The summed E-state index contributed by atoms with van der Waals surface area (Å²) < 4.78 is 6.34. The molecule has 0 N–H and O–H groups in total. The van der Waals surface area contributed by atoms with Crippen molar-refractivity contribution in [2.45, 2.75) is 157 Å². The zero-order valence-electron chi connectivity index (χ0n) is 37.5.